The van der Waals surface area contributed by atoms with Crippen LogP contribution >= 0.6 is 0 Å². The number of amides is 1. The van der Waals surface area contributed by atoms with E-state index in [4.69, 9.17) is 5.10 Å². The lowest BCUT2D eigenvalue weighted by Gasteiger charge is -2.28. The van der Waals surface area contributed by atoms with Crippen molar-refractivity contribution in [3.05, 3.63) is 90.3 Å². The SMILES string of the molecule is CC1C(C(=O)N2N=C(c3cccnc3)CC2c2ccccc2O)C=NN1c1ccccc1. The fourth-order valence-electron chi connectivity index (χ4n) is 4.26. The van der Waals surface area contributed by atoms with Gasteiger partial charge in [0.25, 0.3) is 5.91 Å². The van der Waals surface area contributed by atoms with Gasteiger partial charge in [-0.3, -0.25) is 14.8 Å². The van der Waals surface area contributed by atoms with Crippen molar-refractivity contribution in [2.45, 2.75) is 25.4 Å². The highest BCUT2D eigenvalue weighted by Crippen LogP contribution is 2.38. The van der Waals surface area contributed by atoms with Crippen molar-refractivity contribution in [3.63, 3.8) is 0 Å². The molecule has 0 spiro atoms. The van der Waals surface area contributed by atoms with Crippen molar-refractivity contribution in [1.29, 1.82) is 0 Å². The largest absolute Gasteiger partial charge is 0.508 e. The summed E-state index contributed by atoms with van der Waals surface area (Å²) in [5.74, 6) is -0.454. The fraction of sp³-hybridized carbons (Fsp3) is 0.200. The van der Waals surface area contributed by atoms with Gasteiger partial charge in [0.15, 0.2) is 0 Å². The van der Waals surface area contributed by atoms with Crippen molar-refractivity contribution in [2.24, 2.45) is 16.1 Å². The lowest BCUT2D eigenvalue weighted by Crippen LogP contribution is -2.40. The number of phenols is 1. The Hall–Kier alpha value is -4.00. The van der Waals surface area contributed by atoms with Gasteiger partial charge < -0.3 is 5.11 Å². The quantitative estimate of drug-likeness (QED) is 0.686. The van der Waals surface area contributed by atoms with Crippen LogP contribution in [0.3, 0.4) is 0 Å². The number of hydrogen-bond donors (Lipinski definition) is 1. The molecular weight excluding hydrogens is 402 g/mol. The minimum absolute atomic E-state index is 0.146. The van der Waals surface area contributed by atoms with Crippen LogP contribution in [0.2, 0.25) is 0 Å². The number of rotatable bonds is 4. The monoisotopic (exact) mass is 425 g/mol. The third-order valence-corrected chi connectivity index (χ3v) is 5.99. The average molecular weight is 425 g/mol. The molecule has 2 aromatic carbocycles. The molecule has 0 bridgehead atoms. The molecule has 3 atom stereocenters. The van der Waals surface area contributed by atoms with Crippen LogP contribution in [-0.2, 0) is 4.79 Å². The molecule has 3 heterocycles. The number of aromatic hydroxyl groups is 1. The molecule has 1 aromatic heterocycles. The van der Waals surface area contributed by atoms with Crippen molar-refractivity contribution in [1.82, 2.24) is 9.99 Å². The van der Waals surface area contributed by atoms with Gasteiger partial charge in [-0.2, -0.15) is 10.2 Å². The topological polar surface area (TPSA) is 81.4 Å². The van der Waals surface area contributed by atoms with Crippen LogP contribution in [-0.4, -0.2) is 39.0 Å². The van der Waals surface area contributed by atoms with Crippen LogP contribution in [0.15, 0.2) is 89.3 Å². The second kappa shape index (κ2) is 8.26. The van der Waals surface area contributed by atoms with Gasteiger partial charge in [0, 0.05) is 36.2 Å². The Morgan fingerprint density at radius 2 is 1.81 bits per heavy atom. The van der Waals surface area contributed by atoms with Crippen molar-refractivity contribution in [3.8, 4) is 5.75 Å². The maximum atomic E-state index is 13.7. The van der Waals surface area contributed by atoms with Crippen LogP contribution in [0, 0.1) is 5.92 Å². The molecule has 160 valence electrons. The maximum absolute atomic E-state index is 13.7. The van der Waals surface area contributed by atoms with E-state index in [0.717, 1.165) is 17.0 Å². The van der Waals surface area contributed by atoms with E-state index in [-0.39, 0.29) is 17.7 Å². The first-order valence-corrected chi connectivity index (χ1v) is 10.6. The highest BCUT2D eigenvalue weighted by Gasteiger charge is 2.42. The first-order chi connectivity index (χ1) is 15.6. The van der Waals surface area contributed by atoms with Gasteiger partial charge >= 0.3 is 0 Å². The van der Waals surface area contributed by atoms with E-state index in [9.17, 15) is 9.90 Å². The number of phenolic OH excluding ortho intramolecular Hbond substituents is 1. The predicted octanol–water partition coefficient (Wildman–Crippen LogP) is 3.98. The summed E-state index contributed by atoms with van der Waals surface area (Å²) in [4.78, 5) is 17.9. The predicted molar refractivity (Wildman–Crippen MR) is 123 cm³/mol. The normalized spacial score (nSPS) is 22.3. The summed E-state index contributed by atoms with van der Waals surface area (Å²) in [5.41, 5.74) is 3.24. The molecule has 1 N–H and O–H groups in total. The van der Waals surface area contributed by atoms with Crippen molar-refractivity contribution >= 4 is 23.5 Å². The van der Waals surface area contributed by atoms with Crippen LogP contribution in [0.1, 0.15) is 30.5 Å². The van der Waals surface area contributed by atoms with Crippen molar-refractivity contribution in [2.75, 3.05) is 5.01 Å². The van der Waals surface area contributed by atoms with Gasteiger partial charge in [0.2, 0.25) is 0 Å². The van der Waals surface area contributed by atoms with E-state index in [1.807, 2.05) is 66.5 Å². The van der Waals surface area contributed by atoms with Gasteiger partial charge in [0.05, 0.1) is 29.4 Å². The Morgan fingerprint density at radius 3 is 2.56 bits per heavy atom. The summed E-state index contributed by atoms with van der Waals surface area (Å²) < 4.78 is 0. The van der Waals surface area contributed by atoms with E-state index in [1.165, 1.54) is 5.01 Å². The Morgan fingerprint density at radius 1 is 1.03 bits per heavy atom. The lowest BCUT2D eigenvalue weighted by molar-refractivity contribution is -0.135. The first kappa shape index (κ1) is 19.9. The number of hydrazone groups is 2. The summed E-state index contributed by atoms with van der Waals surface area (Å²) in [6.07, 6.45) is 5.64. The molecule has 1 amide bonds. The Labute approximate surface area is 186 Å². The number of carbonyl (C=O) groups excluding carboxylic acids is 1. The number of nitrogens with zero attached hydrogens (tertiary/aromatic N) is 5. The Balaban J connectivity index is 1.47. The van der Waals surface area contributed by atoms with Gasteiger partial charge in [-0.15, -0.1) is 0 Å². The number of anilines is 1. The molecule has 3 aromatic rings. The van der Waals surface area contributed by atoms with E-state index in [1.54, 1.807) is 30.7 Å². The molecule has 0 fully saturated rings. The highest BCUT2D eigenvalue weighted by molar-refractivity contribution is 6.04. The molecule has 0 aliphatic carbocycles. The number of carbonyl (C=O) groups is 1. The smallest absolute Gasteiger partial charge is 0.254 e. The zero-order valence-electron chi connectivity index (χ0n) is 17.6. The number of aromatic nitrogens is 1. The summed E-state index contributed by atoms with van der Waals surface area (Å²) in [6.45, 7) is 1.99. The third-order valence-electron chi connectivity index (χ3n) is 5.99. The first-order valence-electron chi connectivity index (χ1n) is 10.6. The van der Waals surface area contributed by atoms with Crippen molar-refractivity contribution < 1.29 is 9.90 Å². The highest BCUT2D eigenvalue weighted by atomic mass is 16.3. The number of para-hydroxylation sites is 2. The molecule has 0 radical (unpaired) electrons. The molecular formula is C25H23N5O2. The van der Waals surface area contributed by atoms with Gasteiger partial charge in [-0.25, -0.2) is 5.01 Å². The van der Waals surface area contributed by atoms with Gasteiger partial charge in [-0.1, -0.05) is 42.5 Å². The minimum atomic E-state index is -0.458. The van der Waals surface area contributed by atoms with Gasteiger partial charge in [0.1, 0.15) is 5.75 Å². The Bertz CT molecular complexity index is 1180. The summed E-state index contributed by atoms with van der Waals surface area (Å²) in [6, 6.07) is 20.1. The molecule has 32 heavy (non-hydrogen) atoms. The second-order valence-electron chi connectivity index (χ2n) is 7.96. The standard InChI is InChI=1S/C25H23N5O2/c1-17-21(16-27-29(17)19-9-3-2-4-10-19)25(32)30-23(20-11-5-6-12-24(20)31)14-22(28-30)18-8-7-13-26-15-18/h2-13,15-17,21,23,31H,14H2,1H3. The molecule has 7 heteroatoms. The molecule has 2 aliphatic heterocycles. The summed E-state index contributed by atoms with van der Waals surface area (Å²) in [5, 5.41) is 23.1. The molecule has 7 nitrogen and oxygen atoms in total. The van der Waals surface area contributed by atoms with E-state index in [2.05, 4.69) is 10.1 Å². The molecule has 3 unspecified atom stereocenters. The van der Waals surface area contributed by atoms with E-state index in [0.29, 0.717) is 12.0 Å². The fourth-order valence-corrected chi connectivity index (χ4v) is 4.26. The van der Waals surface area contributed by atoms with Crippen LogP contribution < -0.4 is 5.01 Å². The third kappa shape index (κ3) is 3.51. The lowest BCUT2D eigenvalue weighted by atomic mass is 9.96. The zero-order valence-corrected chi connectivity index (χ0v) is 17.6. The molecule has 5 rings (SSSR count). The van der Waals surface area contributed by atoms with E-state index >= 15 is 0 Å². The molecule has 2 aliphatic rings. The van der Waals surface area contributed by atoms with E-state index < -0.39 is 12.0 Å². The minimum Gasteiger partial charge on any atom is -0.508 e. The Kier molecular flexibility index (Phi) is 5.15. The molecule has 0 saturated heterocycles. The van der Waals surface area contributed by atoms with Gasteiger partial charge in [-0.05, 0) is 31.2 Å². The van der Waals surface area contributed by atoms with Crippen LogP contribution in [0.25, 0.3) is 0 Å². The number of hydrogen-bond acceptors (Lipinski definition) is 6. The second-order valence-corrected chi connectivity index (χ2v) is 7.96. The number of pyridine rings is 1. The van der Waals surface area contributed by atoms with Crippen LogP contribution in [0.5, 0.6) is 5.75 Å². The summed E-state index contributed by atoms with van der Waals surface area (Å²) >= 11 is 0. The molecule has 0 saturated carbocycles. The zero-order chi connectivity index (χ0) is 22.1. The van der Waals surface area contributed by atoms with Crippen LogP contribution in [0.4, 0.5) is 5.69 Å². The maximum Gasteiger partial charge on any atom is 0.254 e. The summed E-state index contributed by atoms with van der Waals surface area (Å²) in [7, 11) is 0. The number of benzene rings is 2. The average Bonchev–Trinajstić information content (AvgIpc) is 3.44.